The van der Waals surface area contributed by atoms with Crippen molar-refractivity contribution in [1.82, 2.24) is 0 Å². The number of halogens is 2. The average Bonchev–Trinajstić information content (AvgIpc) is 2.12. The fourth-order valence-electron chi connectivity index (χ4n) is 1.04. The van der Waals surface area contributed by atoms with Gasteiger partial charge in [-0.1, -0.05) is 11.6 Å². The number of methoxy groups -OCH3 is 1. The van der Waals surface area contributed by atoms with Gasteiger partial charge in [-0.05, 0) is 34.7 Å². The summed E-state index contributed by atoms with van der Waals surface area (Å²) in [6, 6.07) is 5.72. The van der Waals surface area contributed by atoms with Crippen molar-refractivity contribution in [3.05, 3.63) is 26.3 Å². The summed E-state index contributed by atoms with van der Waals surface area (Å²) >= 11 is 8.06. The summed E-state index contributed by atoms with van der Waals surface area (Å²) in [5, 5.41) is 9.15. The van der Waals surface area contributed by atoms with Crippen LogP contribution in [0.2, 0.25) is 5.02 Å². The molecule has 0 aliphatic carbocycles. The quantitative estimate of drug-likeness (QED) is 0.787. The largest absolute Gasteiger partial charge is 0.495 e. The lowest BCUT2D eigenvalue weighted by atomic mass is 10.1. The Hall–Kier alpha value is -0.470. The maximum atomic E-state index is 8.60. The first-order valence-corrected chi connectivity index (χ1v) is 5.04. The zero-order chi connectivity index (χ0) is 9.84. The molecule has 0 spiro atoms. The highest BCUT2D eigenvalue weighted by Crippen LogP contribution is 2.32. The first-order valence-electron chi connectivity index (χ1n) is 3.58. The van der Waals surface area contributed by atoms with Crippen molar-refractivity contribution >= 4 is 34.2 Å². The summed E-state index contributed by atoms with van der Waals surface area (Å²) in [5.41, 5.74) is 0.859. The summed E-state index contributed by atoms with van der Waals surface area (Å²) in [6.07, 6.45) is 0.321. The topological polar surface area (TPSA) is 33.0 Å². The second kappa shape index (κ2) is 4.68. The average molecular weight is 308 g/mol. The molecule has 68 valence electrons. The maximum absolute atomic E-state index is 8.60. The third kappa shape index (κ3) is 2.26. The van der Waals surface area contributed by atoms with Crippen LogP contribution in [-0.4, -0.2) is 7.11 Å². The Bertz CT molecular complexity index is 359. The third-order valence-corrected chi connectivity index (χ3v) is 2.92. The van der Waals surface area contributed by atoms with E-state index in [1.54, 1.807) is 13.2 Å². The molecule has 0 radical (unpaired) electrons. The van der Waals surface area contributed by atoms with Gasteiger partial charge in [0.15, 0.2) is 0 Å². The predicted octanol–water partition coefficient (Wildman–Crippen LogP) is 3.02. The zero-order valence-corrected chi connectivity index (χ0v) is 9.89. The normalized spacial score (nSPS) is 9.38. The molecular formula is C9H7ClINO. The van der Waals surface area contributed by atoms with Crippen molar-refractivity contribution in [2.75, 3.05) is 7.11 Å². The van der Waals surface area contributed by atoms with E-state index in [0.717, 1.165) is 9.13 Å². The third-order valence-electron chi connectivity index (χ3n) is 1.62. The van der Waals surface area contributed by atoms with E-state index < -0.39 is 0 Å². The summed E-state index contributed by atoms with van der Waals surface area (Å²) in [6.45, 7) is 0. The Morgan fingerprint density at radius 3 is 2.85 bits per heavy atom. The molecule has 1 rings (SSSR count). The SMILES string of the molecule is COc1c(Cl)ccc(I)c1CC#N. The number of hydrogen-bond acceptors (Lipinski definition) is 2. The monoisotopic (exact) mass is 307 g/mol. The second-order valence-electron chi connectivity index (χ2n) is 2.38. The van der Waals surface area contributed by atoms with Gasteiger partial charge in [-0.3, -0.25) is 0 Å². The first-order chi connectivity index (χ1) is 6.20. The molecule has 0 amide bonds. The van der Waals surface area contributed by atoms with Crippen LogP contribution < -0.4 is 4.74 Å². The lowest BCUT2D eigenvalue weighted by Gasteiger charge is -2.09. The highest BCUT2D eigenvalue weighted by molar-refractivity contribution is 14.1. The minimum Gasteiger partial charge on any atom is -0.495 e. The van der Waals surface area contributed by atoms with Crippen LogP contribution in [0.3, 0.4) is 0 Å². The number of ether oxygens (including phenoxy) is 1. The number of benzene rings is 1. The van der Waals surface area contributed by atoms with E-state index in [1.807, 2.05) is 6.07 Å². The molecule has 4 heteroatoms. The Morgan fingerprint density at radius 2 is 2.31 bits per heavy atom. The first kappa shape index (κ1) is 10.6. The molecule has 0 atom stereocenters. The molecule has 1 aromatic carbocycles. The van der Waals surface area contributed by atoms with Crippen molar-refractivity contribution in [3.63, 3.8) is 0 Å². The van der Waals surface area contributed by atoms with Gasteiger partial charge in [0, 0.05) is 9.13 Å². The molecule has 2 nitrogen and oxygen atoms in total. The molecule has 0 unspecified atom stereocenters. The molecule has 0 aliphatic rings. The molecular weight excluding hydrogens is 300 g/mol. The Kier molecular flexibility index (Phi) is 3.82. The number of nitrogens with zero attached hydrogens (tertiary/aromatic N) is 1. The summed E-state index contributed by atoms with van der Waals surface area (Å²) in [7, 11) is 1.55. The van der Waals surface area contributed by atoms with E-state index in [9.17, 15) is 0 Å². The molecule has 1 aromatic rings. The second-order valence-corrected chi connectivity index (χ2v) is 3.95. The standard InChI is InChI=1S/C9H7ClINO/c1-13-9-6(4-5-12)8(11)3-2-7(9)10/h2-3H,4H2,1H3. The van der Waals surface area contributed by atoms with E-state index in [2.05, 4.69) is 28.7 Å². The van der Waals surface area contributed by atoms with Gasteiger partial charge in [0.25, 0.3) is 0 Å². The van der Waals surface area contributed by atoms with Crippen LogP contribution in [0.15, 0.2) is 12.1 Å². The van der Waals surface area contributed by atoms with Gasteiger partial charge in [-0.2, -0.15) is 5.26 Å². The smallest absolute Gasteiger partial charge is 0.142 e. The van der Waals surface area contributed by atoms with Gasteiger partial charge >= 0.3 is 0 Å². The lowest BCUT2D eigenvalue weighted by molar-refractivity contribution is 0.410. The van der Waals surface area contributed by atoms with Gasteiger partial charge in [-0.25, -0.2) is 0 Å². The Balaban J connectivity index is 3.27. The van der Waals surface area contributed by atoms with Gasteiger partial charge in [0.2, 0.25) is 0 Å². The van der Waals surface area contributed by atoms with Crippen molar-refractivity contribution in [1.29, 1.82) is 5.26 Å². The minimum absolute atomic E-state index is 0.321. The molecule has 0 fully saturated rings. The van der Waals surface area contributed by atoms with Crippen LogP contribution in [0.5, 0.6) is 5.75 Å². The molecule has 0 aliphatic heterocycles. The molecule has 0 N–H and O–H groups in total. The Labute approximate surface area is 95.6 Å². The molecule has 0 saturated heterocycles. The molecule has 0 heterocycles. The lowest BCUT2D eigenvalue weighted by Crippen LogP contribution is -1.95. The van der Waals surface area contributed by atoms with E-state index >= 15 is 0 Å². The minimum atomic E-state index is 0.321. The number of rotatable bonds is 2. The van der Waals surface area contributed by atoms with Crippen LogP contribution >= 0.6 is 34.2 Å². The maximum Gasteiger partial charge on any atom is 0.142 e. The van der Waals surface area contributed by atoms with E-state index in [1.165, 1.54) is 0 Å². The van der Waals surface area contributed by atoms with Crippen molar-refractivity contribution in [2.45, 2.75) is 6.42 Å². The van der Waals surface area contributed by atoms with Crippen molar-refractivity contribution in [3.8, 4) is 11.8 Å². The van der Waals surface area contributed by atoms with Gasteiger partial charge < -0.3 is 4.74 Å². The number of hydrogen-bond donors (Lipinski definition) is 0. The highest BCUT2D eigenvalue weighted by Gasteiger charge is 2.10. The molecule has 0 saturated carbocycles. The molecule has 0 aromatic heterocycles. The van der Waals surface area contributed by atoms with Crippen LogP contribution in [0.25, 0.3) is 0 Å². The number of nitriles is 1. The van der Waals surface area contributed by atoms with Gasteiger partial charge in [0.05, 0.1) is 24.6 Å². The Morgan fingerprint density at radius 1 is 1.62 bits per heavy atom. The van der Waals surface area contributed by atoms with E-state index in [-0.39, 0.29) is 0 Å². The fourth-order valence-corrected chi connectivity index (χ4v) is 1.91. The van der Waals surface area contributed by atoms with Crippen LogP contribution in [0.4, 0.5) is 0 Å². The summed E-state index contributed by atoms with van der Waals surface area (Å²) < 4.78 is 6.12. The summed E-state index contributed by atoms with van der Waals surface area (Å²) in [5.74, 6) is 0.607. The zero-order valence-electron chi connectivity index (χ0n) is 6.97. The van der Waals surface area contributed by atoms with Gasteiger partial charge in [0.1, 0.15) is 5.75 Å². The van der Waals surface area contributed by atoms with E-state index in [4.69, 9.17) is 21.6 Å². The highest BCUT2D eigenvalue weighted by atomic mass is 127. The predicted molar refractivity (Wildman–Crippen MR) is 60.0 cm³/mol. The van der Waals surface area contributed by atoms with Crippen LogP contribution in [0, 0.1) is 14.9 Å². The van der Waals surface area contributed by atoms with Crippen LogP contribution in [-0.2, 0) is 6.42 Å². The fraction of sp³-hybridized carbons (Fsp3) is 0.222. The van der Waals surface area contributed by atoms with E-state index in [0.29, 0.717) is 17.2 Å². The summed E-state index contributed by atoms with van der Waals surface area (Å²) in [4.78, 5) is 0. The van der Waals surface area contributed by atoms with Crippen LogP contribution in [0.1, 0.15) is 5.56 Å². The van der Waals surface area contributed by atoms with Crippen molar-refractivity contribution < 1.29 is 4.74 Å². The molecule has 13 heavy (non-hydrogen) atoms. The van der Waals surface area contributed by atoms with Gasteiger partial charge in [-0.15, -0.1) is 0 Å². The van der Waals surface area contributed by atoms with Crippen molar-refractivity contribution in [2.24, 2.45) is 0 Å². The molecule has 0 bridgehead atoms.